The predicted octanol–water partition coefficient (Wildman–Crippen LogP) is 4.96. The number of benzene rings is 2. The lowest BCUT2D eigenvalue weighted by atomic mass is 9.79. The average molecular weight is 345 g/mol. The molecule has 0 aliphatic heterocycles. The Bertz CT molecular complexity index is 675. The Morgan fingerprint density at radius 3 is 2.67 bits per heavy atom. The molecule has 1 aliphatic rings. The first kappa shape index (κ1) is 14.3. The van der Waals surface area contributed by atoms with E-state index in [4.69, 9.17) is 4.74 Å². The van der Waals surface area contributed by atoms with Crippen molar-refractivity contribution in [3.63, 3.8) is 0 Å². The highest BCUT2D eigenvalue weighted by Crippen LogP contribution is 2.37. The highest BCUT2D eigenvalue weighted by molar-refractivity contribution is 9.10. The third-order valence-electron chi connectivity index (χ3n) is 4.13. The Hall–Kier alpha value is -1.61. The fourth-order valence-electron chi connectivity index (χ4n) is 2.68. The maximum Gasteiger partial charge on any atom is 0.196 e. The minimum absolute atomic E-state index is 0.0144. The van der Waals surface area contributed by atoms with E-state index in [-0.39, 0.29) is 5.78 Å². The summed E-state index contributed by atoms with van der Waals surface area (Å²) in [5.41, 5.74) is 2.62. The monoisotopic (exact) mass is 344 g/mol. The first-order chi connectivity index (χ1) is 10.2. The zero-order valence-electron chi connectivity index (χ0n) is 11.9. The number of rotatable bonds is 4. The van der Waals surface area contributed by atoms with Crippen LogP contribution >= 0.6 is 15.9 Å². The van der Waals surface area contributed by atoms with E-state index in [1.807, 2.05) is 30.3 Å². The minimum atomic E-state index is 0.0144. The Morgan fingerprint density at radius 2 is 2.00 bits per heavy atom. The van der Waals surface area contributed by atoms with Crippen LogP contribution in [0.2, 0.25) is 0 Å². The molecule has 108 valence electrons. The second-order valence-corrected chi connectivity index (χ2v) is 6.34. The average Bonchev–Trinajstić information content (AvgIpc) is 2.45. The summed E-state index contributed by atoms with van der Waals surface area (Å²) in [5, 5.41) is 0. The molecule has 0 heterocycles. The number of hydrogen-bond donors (Lipinski definition) is 0. The summed E-state index contributed by atoms with van der Waals surface area (Å²) < 4.78 is 6.23. The number of methoxy groups -OCH3 is 1. The molecule has 3 rings (SSSR count). The van der Waals surface area contributed by atoms with Gasteiger partial charge in [0, 0.05) is 10.0 Å². The van der Waals surface area contributed by atoms with Crippen LogP contribution in [0.3, 0.4) is 0 Å². The van der Waals surface area contributed by atoms with E-state index >= 15 is 0 Å². The molecule has 2 aromatic carbocycles. The Kier molecular flexibility index (Phi) is 4.11. The maximum atomic E-state index is 12.7. The number of carbonyl (C=O) groups is 1. The van der Waals surface area contributed by atoms with Gasteiger partial charge in [0.2, 0.25) is 0 Å². The lowest BCUT2D eigenvalue weighted by Gasteiger charge is -2.26. The van der Waals surface area contributed by atoms with E-state index in [1.165, 1.54) is 24.8 Å². The highest BCUT2D eigenvalue weighted by atomic mass is 79.9. The topological polar surface area (TPSA) is 26.3 Å². The number of ether oxygens (including phenoxy) is 1. The van der Waals surface area contributed by atoms with Crippen LogP contribution in [0.15, 0.2) is 46.9 Å². The molecule has 1 saturated carbocycles. The summed E-state index contributed by atoms with van der Waals surface area (Å²) in [5.74, 6) is 1.24. The van der Waals surface area contributed by atoms with Gasteiger partial charge in [-0.1, -0.05) is 40.5 Å². The van der Waals surface area contributed by atoms with E-state index in [1.54, 1.807) is 13.2 Å². The summed E-state index contributed by atoms with van der Waals surface area (Å²) in [7, 11) is 1.59. The molecule has 3 heteroatoms. The van der Waals surface area contributed by atoms with Crippen molar-refractivity contribution in [3.05, 3.63) is 63.6 Å². The van der Waals surface area contributed by atoms with Gasteiger partial charge in [0.05, 0.1) is 12.7 Å². The van der Waals surface area contributed by atoms with Gasteiger partial charge in [0.25, 0.3) is 0 Å². The molecule has 0 radical (unpaired) electrons. The number of ketones is 1. The summed E-state index contributed by atoms with van der Waals surface area (Å²) in [4.78, 5) is 12.7. The first-order valence-electron chi connectivity index (χ1n) is 7.17. The summed E-state index contributed by atoms with van der Waals surface area (Å²) in [6.07, 6.45) is 3.77. The Morgan fingerprint density at radius 1 is 1.19 bits per heavy atom. The minimum Gasteiger partial charge on any atom is -0.496 e. The summed E-state index contributed by atoms with van der Waals surface area (Å²) in [6, 6.07) is 13.5. The third-order valence-corrected chi connectivity index (χ3v) is 4.63. The zero-order chi connectivity index (χ0) is 14.8. The van der Waals surface area contributed by atoms with E-state index in [0.717, 1.165) is 10.0 Å². The van der Waals surface area contributed by atoms with Gasteiger partial charge in [0.15, 0.2) is 5.78 Å². The van der Waals surface area contributed by atoms with E-state index < -0.39 is 0 Å². The number of carbonyl (C=O) groups excluding carboxylic acids is 1. The van der Waals surface area contributed by atoms with Crippen LogP contribution in [0.25, 0.3) is 0 Å². The van der Waals surface area contributed by atoms with Gasteiger partial charge in [-0.15, -0.1) is 0 Å². The molecule has 0 atom stereocenters. The van der Waals surface area contributed by atoms with Gasteiger partial charge in [-0.2, -0.15) is 0 Å². The van der Waals surface area contributed by atoms with Gasteiger partial charge in [0.1, 0.15) is 5.75 Å². The Balaban J connectivity index is 1.94. The molecule has 0 unspecified atom stereocenters. The molecule has 2 aromatic rings. The van der Waals surface area contributed by atoms with Crippen LogP contribution in [0, 0.1) is 0 Å². The lowest BCUT2D eigenvalue weighted by molar-refractivity contribution is 0.103. The highest BCUT2D eigenvalue weighted by Gasteiger charge is 2.21. The molecular weight excluding hydrogens is 328 g/mol. The summed E-state index contributed by atoms with van der Waals surface area (Å²) in [6.45, 7) is 0. The largest absolute Gasteiger partial charge is 0.496 e. The van der Waals surface area contributed by atoms with Crippen molar-refractivity contribution in [2.24, 2.45) is 0 Å². The summed E-state index contributed by atoms with van der Waals surface area (Å²) >= 11 is 3.40. The molecule has 1 fully saturated rings. The normalized spacial score (nSPS) is 14.6. The molecule has 0 spiro atoms. The van der Waals surface area contributed by atoms with Gasteiger partial charge >= 0.3 is 0 Å². The van der Waals surface area contributed by atoms with Crippen molar-refractivity contribution in [1.82, 2.24) is 0 Å². The SMILES string of the molecule is COc1cc(Br)ccc1C(=O)c1cccc(C2CCC2)c1. The van der Waals surface area contributed by atoms with Crippen LogP contribution in [0.5, 0.6) is 5.75 Å². The maximum absolute atomic E-state index is 12.7. The van der Waals surface area contributed by atoms with Gasteiger partial charge in [-0.25, -0.2) is 0 Å². The van der Waals surface area contributed by atoms with Crippen molar-refractivity contribution in [3.8, 4) is 5.75 Å². The molecule has 0 N–H and O–H groups in total. The van der Waals surface area contributed by atoms with Crippen LogP contribution in [0.1, 0.15) is 46.7 Å². The van der Waals surface area contributed by atoms with Gasteiger partial charge < -0.3 is 4.74 Å². The van der Waals surface area contributed by atoms with Crippen LogP contribution in [-0.4, -0.2) is 12.9 Å². The van der Waals surface area contributed by atoms with Crippen molar-refractivity contribution in [2.75, 3.05) is 7.11 Å². The van der Waals surface area contributed by atoms with Crippen molar-refractivity contribution < 1.29 is 9.53 Å². The fraction of sp³-hybridized carbons (Fsp3) is 0.278. The van der Waals surface area contributed by atoms with Gasteiger partial charge in [-0.3, -0.25) is 4.79 Å². The Labute approximate surface area is 133 Å². The fourth-order valence-corrected chi connectivity index (χ4v) is 3.02. The van der Waals surface area contributed by atoms with Crippen LogP contribution in [0.4, 0.5) is 0 Å². The van der Waals surface area contributed by atoms with E-state index in [9.17, 15) is 4.79 Å². The third kappa shape index (κ3) is 2.88. The molecule has 0 bridgehead atoms. The molecule has 0 saturated heterocycles. The number of halogens is 1. The molecule has 2 nitrogen and oxygen atoms in total. The van der Waals surface area contributed by atoms with Crippen molar-refractivity contribution in [2.45, 2.75) is 25.2 Å². The van der Waals surface area contributed by atoms with E-state index in [0.29, 0.717) is 17.2 Å². The molecular formula is C18H17BrO2. The zero-order valence-corrected chi connectivity index (χ0v) is 13.5. The second kappa shape index (κ2) is 6.02. The standard InChI is InChI=1S/C18H17BrO2/c1-21-17-11-15(19)8-9-16(17)18(20)14-7-3-6-13(10-14)12-4-2-5-12/h3,6-12H,2,4-5H2,1H3. The van der Waals surface area contributed by atoms with Gasteiger partial charge in [-0.05, 0) is 48.6 Å². The van der Waals surface area contributed by atoms with Crippen molar-refractivity contribution in [1.29, 1.82) is 0 Å². The molecule has 0 amide bonds. The quantitative estimate of drug-likeness (QED) is 0.733. The first-order valence-corrected chi connectivity index (χ1v) is 7.96. The number of hydrogen-bond acceptors (Lipinski definition) is 2. The molecule has 1 aliphatic carbocycles. The van der Waals surface area contributed by atoms with E-state index in [2.05, 4.69) is 22.0 Å². The smallest absolute Gasteiger partial charge is 0.196 e. The van der Waals surface area contributed by atoms with Crippen LogP contribution < -0.4 is 4.74 Å². The second-order valence-electron chi connectivity index (χ2n) is 5.43. The predicted molar refractivity (Wildman–Crippen MR) is 87.2 cm³/mol. The van der Waals surface area contributed by atoms with Crippen LogP contribution in [-0.2, 0) is 0 Å². The molecule has 21 heavy (non-hydrogen) atoms. The molecule has 0 aromatic heterocycles. The van der Waals surface area contributed by atoms with Crippen molar-refractivity contribution >= 4 is 21.7 Å². The lowest BCUT2D eigenvalue weighted by Crippen LogP contribution is -2.10.